The number of esters is 1. The molecule has 1 amide bonds. The Morgan fingerprint density at radius 2 is 1.91 bits per heavy atom. The van der Waals surface area contributed by atoms with Gasteiger partial charge in [-0.3, -0.25) is 4.79 Å². The second kappa shape index (κ2) is 7.78. The molecule has 23 heavy (non-hydrogen) atoms. The molecule has 0 unspecified atom stereocenters. The number of hydrogen-bond donors (Lipinski definition) is 2. The molecule has 120 valence electrons. The third kappa shape index (κ3) is 4.82. The molecule has 0 bridgehead atoms. The van der Waals surface area contributed by atoms with Crippen LogP contribution in [0.3, 0.4) is 0 Å². The maximum absolute atomic E-state index is 11.9. The summed E-state index contributed by atoms with van der Waals surface area (Å²) >= 11 is 3.21. The van der Waals surface area contributed by atoms with Crippen LogP contribution in [0.2, 0.25) is 0 Å². The molecule has 0 radical (unpaired) electrons. The first-order valence-electron chi connectivity index (χ1n) is 6.97. The Morgan fingerprint density at radius 3 is 2.61 bits per heavy atom. The summed E-state index contributed by atoms with van der Waals surface area (Å²) in [4.78, 5) is 23.7. The third-order valence-electron chi connectivity index (χ3n) is 3.19. The molecular formula is C17H16BrNO4. The van der Waals surface area contributed by atoms with Crippen molar-refractivity contribution in [2.75, 3.05) is 6.61 Å². The summed E-state index contributed by atoms with van der Waals surface area (Å²) in [6.07, 6.45) is 0. The van der Waals surface area contributed by atoms with Crippen molar-refractivity contribution < 1.29 is 19.4 Å². The fraction of sp³-hybridized carbons (Fsp3) is 0.176. The number of hydrogen-bond acceptors (Lipinski definition) is 4. The molecule has 0 spiro atoms. The molecule has 1 atom stereocenters. The van der Waals surface area contributed by atoms with E-state index in [1.165, 1.54) is 12.1 Å². The van der Waals surface area contributed by atoms with E-state index in [0.29, 0.717) is 4.47 Å². The van der Waals surface area contributed by atoms with Crippen molar-refractivity contribution in [1.82, 2.24) is 5.32 Å². The molecule has 0 aliphatic rings. The second-order valence-electron chi connectivity index (χ2n) is 4.94. The molecule has 0 aliphatic heterocycles. The molecule has 6 heteroatoms. The van der Waals surface area contributed by atoms with Crippen LogP contribution in [-0.2, 0) is 9.53 Å². The molecule has 2 aromatic rings. The summed E-state index contributed by atoms with van der Waals surface area (Å²) in [6, 6.07) is 13.7. The molecule has 0 aliphatic carbocycles. The molecule has 0 fully saturated rings. The monoisotopic (exact) mass is 377 g/mol. The number of rotatable bonds is 5. The minimum absolute atomic E-state index is 0.00304. The Kier molecular flexibility index (Phi) is 5.76. The second-order valence-corrected chi connectivity index (χ2v) is 5.85. The highest BCUT2D eigenvalue weighted by atomic mass is 79.9. The van der Waals surface area contributed by atoms with Crippen molar-refractivity contribution in [2.24, 2.45) is 0 Å². The summed E-state index contributed by atoms with van der Waals surface area (Å²) in [5, 5.41) is 12.4. The standard InChI is InChI=1S/C17H16BrNO4/c1-11(12-5-3-2-4-6-12)19-16(21)10-23-17(22)14-9-13(18)7-8-15(14)20/h2-9,11,20H,10H2,1H3,(H,19,21)/t11-/m1/s1. The summed E-state index contributed by atoms with van der Waals surface area (Å²) in [5.41, 5.74) is 0.958. The van der Waals surface area contributed by atoms with Gasteiger partial charge in [-0.25, -0.2) is 4.79 Å². The van der Waals surface area contributed by atoms with Crippen molar-refractivity contribution in [2.45, 2.75) is 13.0 Å². The van der Waals surface area contributed by atoms with Crippen LogP contribution in [0.1, 0.15) is 28.9 Å². The van der Waals surface area contributed by atoms with Gasteiger partial charge >= 0.3 is 5.97 Å². The number of aromatic hydroxyl groups is 1. The zero-order valence-corrected chi connectivity index (χ0v) is 14.0. The molecule has 0 heterocycles. The minimum atomic E-state index is -0.758. The van der Waals surface area contributed by atoms with E-state index < -0.39 is 18.5 Å². The van der Waals surface area contributed by atoms with Crippen LogP contribution >= 0.6 is 15.9 Å². The summed E-state index contributed by atoms with van der Waals surface area (Å²) in [6.45, 7) is 1.43. The van der Waals surface area contributed by atoms with Gasteiger partial charge in [0, 0.05) is 4.47 Å². The summed E-state index contributed by atoms with van der Waals surface area (Å²) < 4.78 is 5.56. The maximum atomic E-state index is 11.9. The number of carbonyl (C=O) groups excluding carboxylic acids is 2. The molecule has 2 rings (SSSR count). The van der Waals surface area contributed by atoms with Crippen LogP contribution in [0.15, 0.2) is 53.0 Å². The fourth-order valence-corrected chi connectivity index (χ4v) is 2.35. The predicted octanol–water partition coefficient (Wildman–Crippen LogP) is 3.19. The van der Waals surface area contributed by atoms with Gasteiger partial charge in [-0.15, -0.1) is 0 Å². The normalized spacial score (nSPS) is 11.6. The Morgan fingerprint density at radius 1 is 1.22 bits per heavy atom. The first-order chi connectivity index (χ1) is 11.0. The van der Waals surface area contributed by atoms with Gasteiger partial charge in [0.1, 0.15) is 11.3 Å². The maximum Gasteiger partial charge on any atom is 0.342 e. The number of nitrogens with one attached hydrogen (secondary N) is 1. The van der Waals surface area contributed by atoms with Gasteiger partial charge in [0.2, 0.25) is 0 Å². The average Bonchev–Trinajstić information content (AvgIpc) is 2.55. The lowest BCUT2D eigenvalue weighted by Crippen LogP contribution is -2.31. The number of phenolic OH excluding ortho intramolecular Hbond substituents is 1. The molecule has 0 saturated carbocycles. The van der Waals surface area contributed by atoms with Gasteiger partial charge in [0.05, 0.1) is 6.04 Å². The highest BCUT2D eigenvalue weighted by molar-refractivity contribution is 9.10. The molecular weight excluding hydrogens is 362 g/mol. The Balaban J connectivity index is 1.89. The van der Waals surface area contributed by atoms with Crippen molar-refractivity contribution >= 4 is 27.8 Å². The summed E-state index contributed by atoms with van der Waals surface area (Å²) in [5.74, 6) is -1.37. The number of phenols is 1. The van der Waals surface area contributed by atoms with Gasteiger partial charge in [-0.2, -0.15) is 0 Å². The van der Waals surface area contributed by atoms with Crippen LogP contribution in [0, 0.1) is 0 Å². The van der Waals surface area contributed by atoms with E-state index >= 15 is 0 Å². The van der Waals surface area contributed by atoms with Crippen molar-refractivity contribution in [1.29, 1.82) is 0 Å². The Labute approximate surface area is 142 Å². The zero-order chi connectivity index (χ0) is 16.8. The van der Waals surface area contributed by atoms with E-state index in [4.69, 9.17) is 4.74 Å². The first-order valence-corrected chi connectivity index (χ1v) is 7.76. The fourth-order valence-electron chi connectivity index (χ4n) is 1.99. The zero-order valence-electron chi connectivity index (χ0n) is 12.5. The number of benzene rings is 2. The smallest absolute Gasteiger partial charge is 0.342 e. The predicted molar refractivity (Wildman–Crippen MR) is 89.1 cm³/mol. The Hall–Kier alpha value is -2.34. The lowest BCUT2D eigenvalue weighted by atomic mass is 10.1. The van der Waals surface area contributed by atoms with E-state index in [-0.39, 0.29) is 17.4 Å². The molecule has 5 nitrogen and oxygen atoms in total. The van der Waals surface area contributed by atoms with E-state index in [2.05, 4.69) is 21.2 Å². The SMILES string of the molecule is C[C@@H](NC(=O)COC(=O)c1cc(Br)ccc1O)c1ccccc1. The first kappa shape index (κ1) is 17.0. The molecule has 2 N–H and O–H groups in total. The van der Waals surface area contributed by atoms with Gasteiger partial charge in [-0.05, 0) is 30.7 Å². The number of carbonyl (C=O) groups is 2. The largest absolute Gasteiger partial charge is 0.507 e. The number of amides is 1. The van der Waals surface area contributed by atoms with E-state index in [0.717, 1.165) is 5.56 Å². The van der Waals surface area contributed by atoms with Gasteiger partial charge < -0.3 is 15.2 Å². The summed E-state index contributed by atoms with van der Waals surface area (Å²) in [7, 11) is 0. The van der Waals surface area contributed by atoms with E-state index in [1.54, 1.807) is 6.07 Å². The minimum Gasteiger partial charge on any atom is -0.507 e. The Bertz CT molecular complexity index is 703. The topological polar surface area (TPSA) is 75.6 Å². The van der Waals surface area contributed by atoms with Crippen molar-refractivity contribution in [3.05, 3.63) is 64.1 Å². The molecule has 2 aromatic carbocycles. The highest BCUT2D eigenvalue weighted by Crippen LogP contribution is 2.22. The third-order valence-corrected chi connectivity index (χ3v) is 3.68. The van der Waals surface area contributed by atoms with Crippen LogP contribution < -0.4 is 5.32 Å². The lowest BCUT2D eigenvalue weighted by Gasteiger charge is -2.14. The molecule has 0 saturated heterocycles. The van der Waals surface area contributed by atoms with Crippen molar-refractivity contribution in [3.63, 3.8) is 0 Å². The van der Waals surface area contributed by atoms with Crippen LogP contribution in [0.5, 0.6) is 5.75 Å². The number of halogens is 1. The van der Waals surface area contributed by atoms with E-state index in [9.17, 15) is 14.7 Å². The van der Waals surface area contributed by atoms with Crippen LogP contribution in [0.4, 0.5) is 0 Å². The van der Waals surface area contributed by atoms with Crippen molar-refractivity contribution in [3.8, 4) is 5.75 Å². The average molecular weight is 378 g/mol. The quantitative estimate of drug-likeness (QED) is 0.784. The van der Waals surface area contributed by atoms with Gasteiger partial charge in [0.25, 0.3) is 5.91 Å². The lowest BCUT2D eigenvalue weighted by molar-refractivity contribution is -0.124. The highest BCUT2D eigenvalue weighted by Gasteiger charge is 2.16. The molecule has 0 aromatic heterocycles. The van der Waals surface area contributed by atoms with Gasteiger partial charge in [-0.1, -0.05) is 46.3 Å². The van der Waals surface area contributed by atoms with Crippen LogP contribution in [-0.4, -0.2) is 23.6 Å². The van der Waals surface area contributed by atoms with Gasteiger partial charge in [0.15, 0.2) is 6.61 Å². The van der Waals surface area contributed by atoms with Crippen LogP contribution in [0.25, 0.3) is 0 Å². The number of ether oxygens (including phenoxy) is 1. The van der Waals surface area contributed by atoms with E-state index in [1.807, 2.05) is 37.3 Å².